The average molecular weight is 285 g/mol. The lowest BCUT2D eigenvalue weighted by atomic mass is 10.1. The minimum atomic E-state index is 0.0593. The fourth-order valence-corrected chi connectivity index (χ4v) is 2.70. The fourth-order valence-electron chi connectivity index (χ4n) is 2.70. The summed E-state index contributed by atoms with van der Waals surface area (Å²) < 4.78 is 7.44. The van der Waals surface area contributed by atoms with Gasteiger partial charge in [0.15, 0.2) is 0 Å². The first-order valence-electron chi connectivity index (χ1n) is 7.18. The van der Waals surface area contributed by atoms with E-state index < -0.39 is 0 Å². The predicted molar refractivity (Wildman–Crippen MR) is 79.5 cm³/mol. The van der Waals surface area contributed by atoms with Crippen LogP contribution in [0.25, 0.3) is 5.69 Å². The summed E-state index contributed by atoms with van der Waals surface area (Å²) in [5.41, 5.74) is 1.65. The van der Waals surface area contributed by atoms with Crippen LogP contribution >= 0.6 is 0 Å². The number of hydrogen-bond acceptors (Lipinski definition) is 3. The van der Waals surface area contributed by atoms with Gasteiger partial charge in [0, 0.05) is 31.0 Å². The molecule has 2 aromatic rings. The number of amides is 1. The average Bonchev–Trinajstić information content (AvgIpc) is 3.00. The zero-order chi connectivity index (χ0) is 14.8. The SMILES string of the molecule is CC1CN(C(=O)c2ccc(-n3cccn3)cc2)CC(C)O1. The maximum absolute atomic E-state index is 12.5. The highest BCUT2D eigenvalue weighted by Gasteiger charge is 2.26. The molecule has 0 bridgehead atoms. The van der Waals surface area contributed by atoms with Gasteiger partial charge in [-0.05, 0) is 44.2 Å². The van der Waals surface area contributed by atoms with Crippen molar-refractivity contribution in [1.82, 2.24) is 14.7 Å². The monoisotopic (exact) mass is 285 g/mol. The highest BCUT2D eigenvalue weighted by atomic mass is 16.5. The van der Waals surface area contributed by atoms with Crippen LogP contribution in [0, 0.1) is 0 Å². The quantitative estimate of drug-likeness (QED) is 0.849. The van der Waals surface area contributed by atoms with Crippen molar-refractivity contribution in [3.63, 3.8) is 0 Å². The molecule has 0 saturated carbocycles. The Morgan fingerprint density at radius 2 is 1.86 bits per heavy atom. The third-order valence-electron chi connectivity index (χ3n) is 3.59. The van der Waals surface area contributed by atoms with Gasteiger partial charge < -0.3 is 9.64 Å². The first kappa shape index (κ1) is 13.8. The predicted octanol–water partition coefficient (Wildman–Crippen LogP) is 2.12. The van der Waals surface area contributed by atoms with E-state index in [2.05, 4.69) is 5.10 Å². The Morgan fingerprint density at radius 3 is 2.43 bits per heavy atom. The lowest BCUT2D eigenvalue weighted by Gasteiger charge is -2.35. The van der Waals surface area contributed by atoms with Gasteiger partial charge >= 0.3 is 0 Å². The molecule has 0 radical (unpaired) electrons. The topological polar surface area (TPSA) is 47.4 Å². The lowest BCUT2D eigenvalue weighted by molar-refractivity contribution is -0.0586. The van der Waals surface area contributed by atoms with E-state index in [0.29, 0.717) is 18.7 Å². The van der Waals surface area contributed by atoms with Gasteiger partial charge in [0.2, 0.25) is 0 Å². The van der Waals surface area contributed by atoms with Crippen LogP contribution in [-0.2, 0) is 4.74 Å². The van der Waals surface area contributed by atoms with E-state index in [0.717, 1.165) is 5.69 Å². The number of morpholine rings is 1. The number of ether oxygens (including phenoxy) is 1. The Bertz CT molecular complexity index is 597. The number of carbonyl (C=O) groups excluding carboxylic acids is 1. The van der Waals surface area contributed by atoms with Crippen molar-refractivity contribution in [2.45, 2.75) is 26.1 Å². The standard InChI is InChI=1S/C16H19N3O2/c1-12-10-18(11-13(2)21-12)16(20)14-4-6-15(7-5-14)19-9-3-8-17-19/h3-9,12-13H,10-11H2,1-2H3. The van der Waals surface area contributed by atoms with Gasteiger partial charge in [-0.25, -0.2) is 4.68 Å². The summed E-state index contributed by atoms with van der Waals surface area (Å²) in [6.07, 6.45) is 3.78. The fraction of sp³-hybridized carbons (Fsp3) is 0.375. The van der Waals surface area contributed by atoms with E-state index in [4.69, 9.17) is 4.74 Å². The molecule has 2 atom stereocenters. The second kappa shape index (κ2) is 5.69. The van der Waals surface area contributed by atoms with Crippen molar-refractivity contribution < 1.29 is 9.53 Å². The van der Waals surface area contributed by atoms with E-state index >= 15 is 0 Å². The van der Waals surface area contributed by atoms with Gasteiger partial charge in [-0.15, -0.1) is 0 Å². The van der Waals surface area contributed by atoms with E-state index in [9.17, 15) is 4.79 Å². The van der Waals surface area contributed by atoms with Crippen LogP contribution in [0.3, 0.4) is 0 Å². The van der Waals surface area contributed by atoms with Crippen LogP contribution in [-0.4, -0.2) is 45.9 Å². The van der Waals surface area contributed by atoms with E-state index in [1.807, 2.05) is 55.3 Å². The van der Waals surface area contributed by atoms with Crippen molar-refractivity contribution in [2.75, 3.05) is 13.1 Å². The van der Waals surface area contributed by atoms with E-state index in [-0.39, 0.29) is 18.1 Å². The smallest absolute Gasteiger partial charge is 0.254 e. The maximum Gasteiger partial charge on any atom is 0.254 e. The largest absolute Gasteiger partial charge is 0.372 e. The van der Waals surface area contributed by atoms with Crippen molar-refractivity contribution in [1.29, 1.82) is 0 Å². The van der Waals surface area contributed by atoms with Gasteiger partial charge in [0.1, 0.15) is 0 Å². The minimum absolute atomic E-state index is 0.0593. The molecule has 1 aromatic carbocycles. The number of aromatic nitrogens is 2. The zero-order valence-corrected chi connectivity index (χ0v) is 12.3. The number of hydrogen-bond donors (Lipinski definition) is 0. The lowest BCUT2D eigenvalue weighted by Crippen LogP contribution is -2.48. The molecule has 21 heavy (non-hydrogen) atoms. The first-order valence-corrected chi connectivity index (χ1v) is 7.18. The molecule has 3 rings (SSSR count). The summed E-state index contributed by atoms with van der Waals surface area (Å²) in [4.78, 5) is 14.4. The van der Waals surface area contributed by atoms with Crippen molar-refractivity contribution >= 4 is 5.91 Å². The molecule has 5 nitrogen and oxygen atoms in total. The Labute approximate surface area is 124 Å². The zero-order valence-electron chi connectivity index (χ0n) is 12.3. The van der Waals surface area contributed by atoms with Crippen LogP contribution in [0.15, 0.2) is 42.7 Å². The summed E-state index contributed by atoms with van der Waals surface area (Å²) >= 11 is 0. The molecule has 5 heteroatoms. The number of benzene rings is 1. The van der Waals surface area contributed by atoms with Crippen molar-refractivity contribution in [3.05, 3.63) is 48.3 Å². The summed E-state index contributed by atoms with van der Waals surface area (Å²) in [6.45, 7) is 5.28. The molecule has 2 unspecified atom stereocenters. The Balaban J connectivity index is 1.76. The molecule has 0 aliphatic carbocycles. The van der Waals surface area contributed by atoms with E-state index in [1.165, 1.54) is 0 Å². The normalized spacial score (nSPS) is 22.3. The van der Waals surface area contributed by atoms with E-state index in [1.54, 1.807) is 10.9 Å². The van der Waals surface area contributed by atoms with Gasteiger partial charge in [-0.3, -0.25) is 4.79 Å². The second-order valence-corrected chi connectivity index (χ2v) is 5.46. The van der Waals surface area contributed by atoms with Crippen LogP contribution in [0.5, 0.6) is 0 Å². The van der Waals surface area contributed by atoms with Crippen LogP contribution in [0.2, 0.25) is 0 Å². The second-order valence-electron chi connectivity index (χ2n) is 5.46. The molecular formula is C16H19N3O2. The molecule has 0 spiro atoms. The summed E-state index contributed by atoms with van der Waals surface area (Å²) in [5.74, 6) is 0.0593. The Morgan fingerprint density at radius 1 is 1.19 bits per heavy atom. The molecule has 1 aliphatic heterocycles. The molecular weight excluding hydrogens is 266 g/mol. The molecule has 1 aliphatic rings. The molecule has 1 amide bonds. The van der Waals surface area contributed by atoms with Crippen LogP contribution in [0.4, 0.5) is 0 Å². The van der Waals surface area contributed by atoms with Crippen LogP contribution < -0.4 is 0 Å². The summed E-state index contributed by atoms with van der Waals surface area (Å²) in [5, 5.41) is 4.18. The minimum Gasteiger partial charge on any atom is -0.372 e. The van der Waals surface area contributed by atoms with Gasteiger partial charge in [-0.2, -0.15) is 5.10 Å². The summed E-state index contributed by atoms with van der Waals surface area (Å²) in [6, 6.07) is 9.39. The molecule has 1 fully saturated rings. The Kier molecular flexibility index (Phi) is 3.75. The third-order valence-corrected chi connectivity index (χ3v) is 3.59. The maximum atomic E-state index is 12.5. The Hall–Kier alpha value is -2.14. The third kappa shape index (κ3) is 2.97. The van der Waals surface area contributed by atoms with Gasteiger partial charge in [0.05, 0.1) is 17.9 Å². The molecule has 1 saturated heterocycles. The van der Waals surface area contributed by atoms with Crippen molar-refractivity contribution in [3.8, 4) is 5.69 Å². The number of rotatable bonds is 2. The number of nitrogens with zero attached hydrogens (tertiary/aromatic N) is 3. The van der Waals surface area contributed by atoms with Crippen molar-refractivity contribution in [2.24, 2.45) is 0 Å². The molecule has 110 valence electrons. The highest BCUT2D eigenvalue weighted by molar-refractivity contribution is 5.94. The molecule has 1 aromatic heterocycles. The summed E-state index contributed by atoms with van der Waals surface area (Å²) in [7, 11) is 0. The van der Waals surface area contributed by atoms with Gasteiger partial charge in [0.25, 0.3) is 5.91 Å². The molecule has 0 N–H and O–H groups in total. The first-order chi connectivity index (χ1) is 10.1. The van der Waals surface area contributed by atoms with Crippen LogP contribution in [0.1, 0.15) is 24.2 Å². The number of carbonyl (C=O) groups is 1. The van der Waals surface area contributed by atoms with Gasteiger partial charge in [-0.1, -0.05) is 0 Å². The highest BCUT2D eigenvalue weighted by Crippen LogP contribution is 2.15. The molecule has 2 heterocycles.